The van der Waals surface area contributed by atoms with Gasteiger partial charge in [0.05, 0.1) is 119 Å². The van der Waals surface area contributed by atoms with Gasteiger partial charge in [0, 0.05) is 19.3 Å². The predicted octanol–water partition coefficient (Wildman–Crippen LogP) is 2.45. The normalized spacial score (nSPS) is 11.2. The molecule has 0 unspecified atom stereocenters. The summed E-state index contributed by atoms with van der Waals surface area (Å²) >= 11 is 0. The van der Waals surface area contributed by atoms with Crippen molar-refractivity contribution < 1.29 is 71.6 Å². The fourth-order valence-corrected chi connectivity index (χ4v) is 3.50. The number of unbranched alkanes of at least 4 members (excludes halogenated alkanes) is 3. The molecule has 0 heterocycles. The van der Waals surface area contributed by atoms with E-state index in [0.29, 0.717) is 132 Å². The molecule has 15 nitrogen and oxygen atoms in total. The summed E-state index contributed by atoms with van der Waals surface area (Å²) in [7, 11) is 0. The van der Waals surface area contributed by atoms with E-state index in [4.69, 9.17) is 57.2 Å². The number of carboxylic acids is 1. The summed E-state index contributed by atoms with van der Waals surface area (Å²) in [5, 5.41) is 8.54. The van der Waals surface area contributed by atoms with E-state index < -0.39 is 5.97 Å². The molecule has 0 fully saturated rings. The zero-order valence-corrected chi connectivity index (χ0v) is 28.5. The monoisotopic (exact) mass is 684 g/mol. The van der Waals surface area contributed by atoms with E-state index in [-0.39, 0.29) is 44.6 Å². The molecule has 0 aromatic carbocycles. The second-order valence-corrected chi connectivity index (χ2v) is 10.0. The van der Waals surface area contributed by atoms with Gasteiger partial charge in [0.15, 0.2) is 0 Å². The SMILES string of the molecule is CCCCCC(=O)OCCOCCOCCOCCOCCOCCOCCOCCOCCOCCOC(=O)CCCCC(=O)O. The molecular weight excluding hydrogens is 624 g/mol. The van der Waals surface area contributed by atoms with Crippen LogP contribution in [0.15, 0.2) is 0 Å². The Balaban J connectivity index is 3.13. The Labute approximate surface area is 280 Å². The highest BCUT2D eigenvalue weighted by molar-refractivity contribution is 5.70. The minimum Gasteiger partial charge on any atom is -0.481 e. The molecule has 0 bridgehead atoms. The largest absolute Gasteiger partial charge is 0.481 e. The second-order valence-electron chi connectivity index (χ2n) is 10.0. The van der Waals surface area contributed by atoms with Gasteiger partial charge in [0.25, 0.3) is 0 Å². The fraction of sp³-hybridized carbons (Fsp3) is 0.906. The molecule has 0 amide bonds. The minimum atomic E-state index is -0.865. The molecule has 0 radical (unpaired) electrons. The Bertz CT molecular complexity index is 695. The maximum atomic E-state index is 11.5. The standard InChI is InChI=1S/C32H60O15/c1-2-3-4-8-31(35)46-28-26-44-24-22-42-20-18-40-16-14-38-12-10-37-11-13-39-15-17-41-19-21-43-23-25-45-27-29-47-32(36)9-6-5-7-30(33)34/h2-29H2,1H3,(H,33,34). The van der Waals surface area contributed by atoms with Crippen molar-refractivity contribution in [3.63, 3.8) is 0 Å². The van der Waals surface area contributed by atoms with Crippen molar-refractivity contribution >= 4 is 17.9 Å². The Morgan fingerprint density at radius 1 is 0.362 bits per heavy atom. The maximum absolute atomic E-state index is 11.5. The molecule has 0 aromatic rings. The predicted molar refractivity (Wildman–Crippen MR) is 170 cm³/mol. The van der Waals surface area contributed by atoms with Crippen molar-refractivity contribution in [3.05, 3.63) is 0 Å². The van der Waals surface area contributed by atoms with Crippen LogP contribution in [0.1, 0.15) is 58.3 Å². The van der Waals surface area contributed by atoms with Gasteiger partial charge in [-0.25, -0.2) is 0 Å². The topological polar surface area (TPSA) is 173 Å². The fourth-order valence-electron chi connectivity index (χ4n) is 3.50. The lowest BCUT2D eigenvalue weighted by Crippen LogP contribution is -2.16. The Morgan fingerprint density at radius 3 is 0.851 bits per heavy atom. The molecule has 0 aliphatic heterocycles. The minimum absolute atomic E-state index is 0.0580. The van der Waals surface area contributed by atoms with Crippen LogP contribution in [0.4, 0.5) is 0 Å². The van der Waals surface area contributed by atoms with Crippen LogP contribution in [0.5, 0.6) is 0 Å². The van der Waals surface area contributed by atoms with Gasteiger partial charge in [-0.1, -0.05) is 19.8 Å². The first kappa shape index (κ1) is 45.0. The molecule has 15 heteroatoms. The van der Waals surface area contributed by atoms with Gasteiger partial charge in [0.2, 0.25) is 0 Å². The Kier molecular flexibility index (Phi) is 36.9. The van der Waals surface area contributed by atoms with Gasteiger partial charge in [0.1, 0.15) is 13.2 Å². The molecule has 0 rings (SSSR count). The molecule has 0 aliphatic carbocycles. The van der Waals surface area contributed by atoms with Crippen LogP contribution in [-0.4, -0.2) is 155 Å². The molecule has 278 valence electrons. The van der Waals surface area contributed by atoms with Gasteiger partial charge in [-0.05, 0) is 19.3 Å². The van der Waals surface area contributed by atoms with Crippen LogP contribution >= 0.6 is 0 Å². The Morgan fingerprint density at radius 2 is 0.596 bits per heavy atom. The molecular formula is C32H60O15. The average Bonchev–Trinajstić information content (AvgIpc) is 3.05. The van der Waals surface area contributed by atoms with Gasteiger partial charge >= 0.3 is 17.9 Å². The highest BCUT2D eigenvalue weighted by Crippen LogP contribution is 2.02. The molecule has 0 spiro atoms. The third kappa shape index (κ3) is 40.1. The van der Waals surface area contributed by atoms with Crippen LogP contribution in [-0.2, 0) is 66.5 Å². The summed E-state index contributed by atoms with van der Waals surface area (Å²) in [6, 6.07) is 0. The van der Waals surface area contributed by atoms with E-state index in [2.05, 4.69) is 6.92 Å². The van der Waals surface area contributed by atoms with E-state index in [1.165, 1.54) is 0 Å². The summed E-state index contributed by atoms with van der Waals surface area (Å²) in [5.41, 5.74) is 0. The van der Waals surface area contributed by atoms with E-state index in [0.717, 1.165) is 19.3 Å². The summed E-state index contributed by atoms with van der Waals surface area (Å²) in [4.78, 5) is 33.3. The number of esters is 2. The number of hydrogen-bond donors (Lipinski definition) is 1. The van der Waals surface area contributed by atoms with Gasteiger partial charge in [-0.3, -0.25) is 14.4 Å². The number of carboxylic acid groups (broad SMARTS) is 1. The van der Waals surface area contributed by atoms with Gasteiger partial charge < -0.3 is 57.2 Å². The van der Waals surface area contributed by atoms with Crippen LogP contribution in [0.3, 0.4) is 0 Å². The zero-order valence-electron chi connectivity index (χ0n) is 28.5. The lowest BCUT2D eigenvalue weighted by atomic mass is 10.2. The third-order valence-corrected chi connectivity index (χ3v) is 5.96. The molecule has 0 saturated carbocycles. The number of rotatable bonds is 39. The van der Waals surface area contributed by atoms with Crippen molar-refractivity contribution in [3.8, 4) is 0 Å². The first-order valence-electron chi connectivity index (χ1n) is 16.8. The molecule has 0 aliphatic rings. The first-order chi connectivity index (χ1) is 23.1. The first-order valence-corrected chi connectivity index (χ1v) is 16.8. The molecule has 47 heavy (non-hydrogen) atoms. The number of hydrogen-bond acceptors (Lipinski definition) is 14. The highest BCUT2D eigenvalue weighted by Gasteiger charge is 2.04. The number of carbonyl (C=O) groups is 3. The lowest BCUT2D eigenvalue weighted by molar-refractivity contribution is -0.146. The van der Waals surface area contributed by atoms with Gasteiger partial charge in [-0.15, -0.1) is 0 Å². The maximum Gasteiger partial charge on any atom is 0.305 e. The van der Waals surface area contributed by atoms with Crippen molar-refractivity contribution in [2.75, 3.05) is 132 Å². The number of ether oxygens (including phenoxy) is 11. The summed E-state index contributed by atoms with van der Waals surface area (Å²) < 4.78 is 58.9. The molecule has 0 aromatic heterocycles. The van der Waals surface area contributed by atoms with Gasteiger partial charge in [-0.2, -0.15) is 0 Å². The van der Waals surface area contributed by atoms with E-state index in [1.807, 2.05) is 0 Å². The molecule has 0 saturated heterocycles. The van der Waals surface area contributed by atoms with Crippen LogP contribution < -0.4 is 0 Å². The van der Waals surface area contributed by atoms with Crippen LogP contribution in [0, 0.1) is 0 Å². The summed E-state index contributed by atoms with van der Waals surface area (Å²) in [5.74, 6) is -1.38. The van der Waals surface area contributed by atoms with E-state index in [9.17, 15) is 14.4 Å². The van der Waals surface area contributed by atoms with Crippen molar-refractivity contribution in [1.29, 1.82) is 0 Å². The quantitative estimate of drug-likeness (QED) is 0.0738. The third-order valence-electron chi connectivity index (χ3n) is 5.96. The van der Waals surface area contributed by atoms with E-state index >= 15 is 0 Å². The van der Waals surface area contributed by atoms with Crippen molar-refractivity contribution in [2.45, 2.75) is 58.3 Å². The zero-order chi connectivity index (χ0) is 34.3. The molecule has 1 N–H and O–H groups in total. The molecule has 0 atom stereocenters. The lowest BCUT2D eigenvalue weighted by Gasteiger charge is -2.09. The van der Waals surface area contributed by atoms with Crippen molar-refractivity contribution in [2.24, 2.45) is 0 Å². The highest BCUT2D eigenvalue weighted by atomic mass is 16.6. The number of aliphatic carboxylic acids is 1. The van der Waals surface area contributed by atoms with Crippen LogP contribution in [0.2, 0.25) is 0 Å². The smallest absolute Gasteiger partial charge is 0.305 e. The number of carbonyl (C=O) groups excluding carboxylic acids is 2. The Hall–Kier alpha value is -1.95. The summed E-state index contributed by atoms with van der Waals surface area (Å²) in [6.07, 6.45) is 4.69. The van der Waals surface area contributed by atoms with E-state index in [1.54, 1.807) is 0 Å². The van der Waals surface area contributed by atoms with Crippen molar-refractivity contribution in [1.82, 2.24) is 0 Å². The van der Waals surface area contributed by atoms with Crippen LogP contribution in [0.25, 0.3) is 0 Å². The summed E-state index contributed by atoms with van der Waals surface area (Å²) in [6.45, 7) is 10.5. The average molecular weight is 685 g/mol. The second kappa shape index (κ2) is 38.5.